The summed E-state index contributed by atoms with van der Waals surface area (Å²) < 4.78 is 58.5. The van der Waals surface area contributed by atoms with E-state index in [1.165, 1.54) is 11.6 Å². The molecule has 94 valence electrons. The molecule has 0 atom stereocenters. The number of hydrogen-bond donors (Lipinski definition) is 2. The van der Waals surface area contributed by atoms with Crippen molar-refractivity contribution >= 4 is 16.0 Å². The normalized spacial score (nSPS) is 14.3. The highest BCUT2D eigenvalue weighted by Gasteiger charge is 2.46. The van der Waals surface area contributed by atoms with E-state index in [4.69, 9.17) is 5.11 Å². The predicted octanol–water partition coefficient (Wildman–Crippen LogP) is 1.19. The highest BCUT2D eigenvalue weighted by Crippen LogP contribution is 2.23. The van der Waals surface area contributed by atoms with Crippen LogP contribution in [0.3, 0.4) is 0 Å². The van der Waals surface area contributed by atoms with E-state index in [-0.39, 0.29) is 6.42 Å². The number of carboxylic acids is 1. The monoisotopic (exact) mass is 261 g/mol. The molecular formula is C7H10F3NO4S. The van der Waals surface area contributed by atoms with Crippen molar-refractivity contribution in [2.75, 3.05) is 0 Å². The molecular weight excluding hydrogens is 251 g/mol. The molecule has 0 aromatic carbocycles. The number of carbonyl (C=O) groups is 1. The summed E-state index contributed by atoms with van der Waals surface area (Å²) in [6.45, 7) is 2.35. The lowest BCUT2D eigenvalue weighted by atomic mass is 10.2. The molecule has 0 fully saturated rings. The number of rotatable bonds is 4. The predicted molar refractivity (Wildman–Crippen MR) is 48.7 cm³/mol. The van der Waals surface area contributed by atoms with Gasteiger partial charge in [-0.15, -0.1) is 0 Å². The highest BCUT2D eigenvalue weighted by molar-refractivity contribution is 7.90. The molecule has 16 heavy (non-hydrogen) atoms. The zero-order valence-corrected chi connectivity index (χ0v) is 9.24. The first-order chi connectivity index (χ1) is 7.03. The minimum Gasteiger partial charge on any atom is -0.478 e. The number of halogens is 3. The smallest absolute Gasteiger partial charge is 0.478 e. The van der Waals surface area contributed by atoms with Crippen LogP contribution in [0.1, 0.15) is 20.3 Å². The Hall–Kier alpha value is -1.25. The van der Waals surface area contributed by atoms with E-state index in [0.717, 1.165) is 6.92 Å². The average Bonchev–Trinajstić information content (AvgIpc) is 2.11. The maximum Gasteiger partial charge on any atom is 0.516 e. The molecule has 0 aliphatic heterocycles. The summed E-state index contributed by atoms with van der Waals surface area (Å²) in [6, 6.07) is 0. The number of carboxylic acid groups (broad SMARTS) is 1. The van der Waals surface area contributed by atoms with E-state index in [0.29, 0.717) is 0 Å². The van der Waals surface area contributed by atoms with Crippen molar-refractivity contribution in [2.24, 2.45) is 0 Å². The van der Waals surface area contributed by atoms with Crippen LogP contribution in [0.15, 0.2) is 11.3 Å². The molecule has 0 amide bonds. The van der Waals surface area contributed by atoms with Gasteiger partial charge in [-0.1, -0.05) is 6.92 Å². The van der Waals surface area contributed by atoms with Crippen LogP contribution in [0.2, 0.25) is 0 Å². The minimum absolute atomic E-state index is 0.173. The molecule has 2 N–H and O–H groups in total. The SMILES string of the molecule is CCC(NS(=O)(=O)C(F)(F)F)=C(C)C(=O)O. The quantitative estimate of drug-likeness (QED) is 0.745. The van der Waals surface area contributed by atoms with Crippen LogP contribution >= 0.6 is 0 Å². The first-order valence-corrected chi connectivity index (χ1v) is 5.53. The lowest BCUT2D eigenvalue weighted by molar-refractivity contribution is -0.132. The van der Waals surface area contributed by atoms with Crippen molar-refractivity contribution in [3.63, 3.8) is 0 Å². The molecule has 9 heteroatoms. The van der Waals surface area contributed by atoms with Crippen molar-refractivity contribution in [1.29, 1.82) is 0 Å². The minimum atomic E-state index is -5.56. The molecule has 0 aromatic heterocycles. The van der Waals surface area contributed by atoms with E-state index in [1.54, 1.807) is 0 Å². The van der Waals surface area contributed by atoms with Crippen LogP contribution in [0.25, 0.3) is 0 Å². The number of alkyl halides is 3. The first-order valence-electron chi connectivity index (χ1n) is 4.05. The van der Waals surface area contributed by atoms with E-state index in [2.05, 4.69) is 0 Å². The third kappa shape index (κ3) is 3.40. The molecule has 5 nitrogen and oxygen atoms in total. The highest BCUT2D eigenvalue weighted by atomic mass is 32.2. The van der Waals surface area contributed by atoms with Gasteiger partial charge in [-0.3, -0.25) is 4.72 Å². The second kappa shape index (κ2) is 4.73. The van der Waals surface area contributed by atoms with Crippen LogP contribution < -0.4 is 4.72 Å². The summed E-state index contributed by atoms with van der Waals surface area (Å²) in [7, 11) is -5.56. The Morgan fingerprint density at radius 3 is 2.06 bits per heavy atom. The summed E-state index contributed by atoms with van der Waals surface area (Å²) in [4.78, 5) is 10.5. The van der Waals surface area contributed by atoms with Crippen molar-refractivity contribution < 1.29 is 31.5 Å². The molecule has 0 radical (unpaired) electrons. The second-order valence-corrected chi connectivity index (χ2v) is 4.49. The third-order valence-corrected chi connectivity index (χ3v) is 2.81. The molecule has 0 rings (SSSR count). The van der Waals surface area contributed by atoms with Crippen LogP contribution in [0, 0.1) is 0 Å². The van der Waals surface area contributed by atoms with Crippen LogP contribution in [0.4, 0.5) is 13.2 Å². The fraction of sp³-hybridized carbons (Fsp3) is 0.571. The molecule has 0 spiro atoms. The van der Waals surface area contributed by atoms with Gasteiger partial charge in [-0.05, 0) is 13.3 Å². The van der Waals surface area contributed by atoms with Crippen LogP contribution in [0.5, 0.6) is 0 Å². The lowest BCUT2D eigenvalue weighted by Gasteiger charge is -2.13. The van der Waals surface area contributed by atoms with E-state index in [9.17, 15) is 26.4 Å². The van der Waals surface area contributed by atoms with Gasteiger partial charge in [0.2, 0.25) is 0 Å². The van der Waals surface area contributed by atoms with Gasteiger partial charge in [0.25, 0.3) is 0 Å². The Bertz CT molecular complexity index is 410. The number of nitrogens with one attached hydrogen (secondary N) is 1. The molecule has 0 bridgehead atoms. The Labute approximate surface area is 90.0 Å². The number of allylic oxidation sites excluding steroid dienone is 1. The Balaban J connectivity index is 5.27. The Morgan fingerprint density at radius 1 is 1.38 bits per heavy atom. The summed E-state index contributed by atoms with van der Waals surface area (Å²) >= 11 is 0. The summed E-state index contributed by atoms with van der Waals surface area (Å²) in [5.41, 5.74) is -6.44. The topological polar surface area (TPSA) is 83.5 Å². The van der Waals surface area contributed by atoms with Gasteiger partial charge in [0.05, 0.1) is 5.57 Å². The molecule has 0 unspecified atom stereocenters. The second-order valence-electron chi connectivity index (χ2n) is 2.81. The fourth-order valence-corrected chi connectivity index (χ4v) is 1.50. The van der Waals surface area contributed by atoms with Crippen molar-refractivity contribution in [1.82, 2.24) is 4.72 Å². The lowest BCUT2D eigenvalue weighted by Crippen LogP contribution is -2.36. The maximum absolute atomic E-state index is 12.0. The zero-order chi connectivity index (χ0) is 13.1. The van der Waals surface area contributed by atoms with E-state index in [1.807, 2.05) is 0 Å². The van der Waals surface area contributed by atoms with Gasteiger partial charge in [-0.25, -0.2) is 4.79 Å². The zero-order valence-electron chi connectivity index (χ0n) is 8.42. The van der Waals surface area contributed by atoms with Crippen molar-refractivity contribution in [2.45, 2.75) is 25.8 Å². The number of hydrogen-bond acceptors (Lipinski definition) is 3. The largest absolute Gasteiger partial charge is 0.516 e. The van der Waals surface area contributed by atoms with E-state index >= 15 is 0 Å². The maximum atomic E-state index is 12.0. The van der Waals surface area contributed by atoms with Gasteiger partial charge in [0.15, 0.2) is 0 Å². The van der Waals surface area contributed by atoms with Crippen LogP contribution in [-0.2, 0) is 14.8 Å². The fourth-order valence-electron chi connectivity index (χ4n) is 0.763. The average molecular weight is 261 g/mol. The van der Waals surface area contributed by atoms with Gasteiger partial charge >= 0.3 is 21.5 Å². The molecule has 0 saturated carbocycles. The van der Waals surface area contributed by atoms with Gasteiger partial charge in [0, 0.05) is 5.70 Å². The third-order valence-electron chi connectivity index (χ3n) is 1.69. The van der Waals surface area contributed by atoms with E-state index < -0.39 is 32.8 Å². The molecule has 0 heterocycles. The first kappa shape index (κ1) is 14.8. The molecule has 0 aromatic rings. The number of sulfonamides is 1. The van der Waals surface area contributed by atoms with Crippen molar-refractivity contribution in [3.8, 4) is 0 Å². The Morgan fingerprint density at radius 2 is 1.81 bits per heavy atom. The van der Waals surface area contributed by atoms with Crippen molar-refractivity contribution in [3.05, 3.63) is 11.3 Å². The molecule has 0 aliphatic carbocycles. The van der Waals surface area contributed by atoms with Gasteiger partial charge in [0.1, 0.15) is 0 Å². The number of aliphatic carboxylic acids is 1. The van der Waals surface area contributed by atoms with Gasteiger partial charge in [-0.2, -0.15) is 21.6 Å². The molecule has 0 saturated heterocycles. The summed E-state index contributed by atoms with van der Waals surface area (Å²) in [5, 5.41) is 8.51. The standard InChI is InChI=1S/C7H10F3NO4S/c1-3-5(4(2)6(12)13)11-16(14,15)7(8,9)10/h11H,3H2,1-2H3,(H,12,13). The summed E-state index contributed by atoms with van der Waals surface area (Å²) in [5.74, 6) is -1.48. The summed E-state index contributed by atoms with van der Waals surface area (Å²) in [6.07, 6.45) is -0.173. The van der Waals surface area contributed by atoms with Gasteiger partial charge < -0.3 is 5.11 Å². The Kier molecular flexibility index (Phi) is 4.36. The molecule has 0 aliphatic rings. The van der Waals surface area contributed by atoms with Crippen LogP contribution in [-0.4, -0.2) is 25.0 Å².